The third-order valence-electron chi connectivity index (χ3n) is 4.08. The third kappa shape index (κ3) is 3.81. The van der Waals surface area contributed by atoms with Crippen LogP contribution >= 0.6 is 0 Å². The van der Waals surface area contributed by atoms with Crippen LogP contribution in [0.3, 0.4) is 0 Å². The van der Waals surface area contributed by atoms with Crippen LogP contribution in [0, 0.1) is 12.3 Å². The topological polar surface area (TPSA) is 102 Å². The van der Waals surface area contributed by atoms with Crippen molar-refractivity contribution in [2.24, 2.45) is 0 Å². The molecule has 28 heavy (non-hydrogen) atoms. The Hall–Kier alpha value is -4.18. The van der Waals surface area contributed by atoms with Gasteiger partial charge in [0.2, 0.25) is 0 Å². The first-order valence-electron chi connectivity index (χ1n) is 8.62. The van der Waals surface area contributed by atoms with Crippen molar-refractivity contribution in [1.82, 2.24) is 19.9 Å². The number of hydrogen-bond donors (Lipinski definition) is 3. The third-order valence-corrected chi connectivity index (χ3v) is 4.08. The number of terminal acetylenes is 1. The number of rotatable bonds is 5. The molecule has 0 aliphatic carbocycles. The average Bonchev–Trinajstić information content (AvgIpc) is 2.74. The van der Waals surface area contributed by atoms with Crippen LogP contribution in [-0.2, 0) is 6.54 Å². The predicted molar refractivity (Wildman–Crippen MR) is 111 cm³/mol. The lowest BCUT2D eigenvalue weighted by molar-refractivity contribution is 1.09. The molecule has 0 aliphatic rings. The molecule has 0 fully saturated rings. The molecule has 0 amide bonds. The van der Waals surface area contributed by atoms with E-state index in [1.165, 1.54) is 0 Å². The summed E-state index contributed by atoms with van der Waals surface area (Å²) in [7, 11) is 0. The number of hydrogen-bond acceptors (Lipinski definition) is 7. The van der Waals surface area contributed by atoms with Crippen molar-refractivity contribution in [2.75, 3.05) is 16.4 Å². The van der Waals surface area contributed by atoms with Crippen molar-refractivity contribution in [1.29, 1.82) is 0 Å². The lowest BCUT2D eigenvalue weighted by Crippen LogP contribution is -2.08. The van der Waals surface area contributed by atoms with Crippen molar-refractivity contribution in [3.05, 3.63) is 72.2 Å². The van der Waals surface area contributed by atoms with Gasteiger partial charge in [0, 0.05) is 18.1 Å². The number of nitrogens with two attached hydrogens (primary N) is 1. The summed E-state index contributed by atoms with van der Waals surface area (Å²) in [5.41, 5.74) is 8.55. The number of nitrogens with zero attached hydrogens (tertiary/aromatic N) is 4. The van der Waals surface area contributed by atoms with Crippen LogP contribution in [0.15, 0.2) is 60.9 Å². The Balaban J connectivity index is 1.51. The quantitative estimate of drug-likeness (QED) is 0.465. The molecule has 0 aliphatic heterocycles. The first-order chi connectivity index (χ1) is 13.7. The van der Waals surface area contributed by atoms with E-state index < -0.39 is 0 Å². The van der Waals surface area contributed by atoms with E-state index >= 15 is 0 Å². The molecule has 4 rings (SSSR count). The Kier molecular flexibility index (Phi) is 4.68. The van der Waals surface area contributed by atoms with E-state index in [2.05, 4.69) is 42.6 Å². The fourth-order valence-electron chi connectivity index (χ4n) is 2.73. The van der Waals surface area contributed by atoms with E-state index in [4.69, 9.17) is 12.2 Å². The second-order valence-electron chi connectivity index (χ2n) is 6.05. The molecule has 0 radical (unpaired) electrons. The normalized spacial score (nSPS) is 10.4. The highest BCUT2D eigenvalue weighted by Crippen LogP contribution is 2.20. The van der Waals surface area contributed by atoms with Gasteiger partial charge in [-0.3, -0.25) is 4.98 Å². The molecule has 0 saturated heterocycles. The monoisotopic (exact) mass is 367 g/mol. The van der Waals surface area contributed by atoms with E-state index in [-0.39, 0.29) is 0 Å². The van der Waals surface area contributed by atoms with Gasteiger partial charge in [-0.2, -0.15) is 0 Å². The summed E-state index contributed by atoms with van der Waals surface area (Å²) in [6, 6.07) is 15.4. The fourth-order valence-corrected chi connectivity index (χ4v) is 2.73. The van der Waals surface area contributed by atoms with Gasteiger partial charge in [-0.05, 0) is 35.9 Å². The van der Waals surface area contributed by atoms with Gasteiger partial charge in [-0.1, -0.05) is 24.1 Å². The van der Waals surface area contributed by atoms with Crippen molar-refractivity contribution in [3.63, 3.8) is 0 Å². The molecule has 0 spiro atoms. The highest BCUT2D eigenvalue weighted by molar-refractivity contribution is 5.79. The maximum absolute atomic E-state index is 5.97. The van der Waals surface area contributed by atoms with Crippen molar-refractivity contribution < 1.29 is 0 Å². The molecule has 0 bridgehead atoms. The fraction of sp³-hybridized carbons (Fsp3) is 0.0476. The highest BCUT2D eigenvalue weighted by Gasteiger charge is 2.06. The van der Waals surface area contributed by atoms with Crippen molar-refractivity contribution in [3.8, 4) is 12.3 Å². The lowest BCUT2D eigenvalue weighted by Gasteiger charge is -2.11. The van der Waals surface area contributed by atoms with Crippen molar-refractivity contribution in [2.45, 2.75) is 6.54 Å². The van der Waals surface area contributed by atoms with E-state index in [1.807, 2.05) is 30.3 Å². The van der Waals surface area contributed by atoms with Crippen LogP contribution in [0.2, 0.25) is 0 Å². The van der Waals surface area contributed by atoms with Crippen LogP contribution in [0.5, 0.6) is 0 Å². The van der Waals surface area contributed by atoms with Gasteiger partial charge in [0.25, 0.3) is 0 Å². The molecule has 4 N–H and O–H groups in total. The summed E-state index contributed by atoms with van der Waals surface area (Å²) in [4.78, 5) is 17.3. The van der Waals surface area contributed by atoms with Gasteiger partial charge < -0.3 is 16.4 Å². The van der Waals surface area contributed by atoms with E-state index in [0.29, 0.717) is 35.5 Å². The Morgan fingerprint density at radius 2 is 1.93 bits per heavy atom. The number of aromatic nitrogens is 4. The zero-order valence-electron chi connectivity index (χ0n) is 14.9. The highest BCUT2D eigenvalue weighted by atomic mass is 15.1. The molecule has 7 heteroatoms. The van der Waals surface area contributed by atoms with Gasteiger partial charge in [0.15, 0.2) is 17.5 Å². The van der Waals surface area contributed by atoms with Crippen LogP contribution in [-0.4, -0.2) is 19.9 Å². The zero-order chi connectivity index (χ0) is 19.3. The maximum Gasteiger partial charge on any atom is 0.171 e. The number of anilines is 4. The maximum atomic E-state index is 5.97. The number of benzene rings is 1. The Morgan fingerprint density at radius 3 is 2.82 bits per heavy atom. The summed E-state index contributed by atoms with van der Waals surface area (Å²) in [5.74, 6) is 4.41. The van der Waals surface area contributed by atoms with Crippen LogP contribution in [0.4, 0.5) is 23.3 Å². The predicted octanol–water partition coefficient (Wildman–Crippen LogP) is 3.34. The van der Waals surface area contributed by atoms with E-state index in [9.17, 15) is 0 Å². The zero-order valence-corrected chi connectivity index (χ0v) is 14.9. The molecule has 0 atom stereocenters. The average molecular weight is 367 g/mol. The minimum atomic E-state index is 0.318. The Labute approximate surface area is 162 Å². The first-order valence-corrected chi connectivity index (χ1v) is 8.62. The Morgan fingerprint density at radius 1 is 1.00 bits per heavy atom. The van der Waals surface area contributed by atoms with Gasteiger partial charge in [-0.25, -0.2) is 15.0 Å². The number of nitrogens with one attached hydrogen (secondary N) is 2. The summed E-state index contributed by atoms with van der Waals surface area (Å²) in [6.45, 7) is 0.554. The molecule has 0 unspecified atom stereocenters. The smallest absolute Gasteiger partial charge is 0.171 e. The Bertz CT molecular complexity index is 1180. The molecular formula is C21H17N7. The molecule has 0 saturated carbocycles. The second-order valence-corrected chi connectivity index (χ2v) is 6.05. The first kappa shape index (κ1) is 17.2. The summed E-state index contributed by atoms with van der Waals surface area (Å²) in [6.07, 6.45) is 8.72. The number of fused-ring (bicyclic) bond motifs is 1. The van der Waals surface area contributed by atoms with Crippen LogP contribution in [0.1, 0.15) is 11.3 Å². The van der Waals surface area contributed by atoms with Gasteiger partial charge in [0.1, 0.15) is 11.5 Å². The standard InChI is InChI=1S/C21H17N7/c1-2-16-6-3-7-18(26-16)27-19-13-24-20(22)21(28-19)25-12-14-8-9-17-15(11-14)5-4-10-23-17/h1,3-11,13H,12H2,(H2,22,24)(H2,25,26,27,28). The van der Waals surface area contributed by atoms with Gasteiger partial charge in [0.05, 0.1) is 11.7 Å². The molecule has 1 aromatic carbocycles. The second kappa shape index (κ2) is 7.60. The van der Waals surface area contributed by atoms with Crippen LogP contribution in [0.25, 0.3) is 10.9 Å². The van der Waals surface area contributed by atoms with E-state index in [1.54, 1.807) is 24.5 Å². The summed E-state index contributed by atoms with van der Waals surface area (Å²) in [5, 5.41) is 7.39. The molecule has 4 aromatic rings. The molecule has 3 heterocycles. The number of pyridine rings is 2. The van der Waals surface area contributed by atoms with E-state index in [0.717, 1.165) is 16.5 Å². The van der Waals surface area contributed by atoms with Crippen LogP contribution < -0.4 is 16.4 Å². The molecule has 3 aromatic heterocycles. The molecule has 7 nitrogen and oxygen atoms in total. The summed E-state index contributed by atoms with van der Waals surface area (Å²) >= 11 is 0. The van der Waals surface area contributed by atoms with Gasteiger partial charge in [-0.15, -0.1) is 6.42 Å². The summed E-state index contributed by atoms with van der Waals surface area (Å²) < 4.78 is 0. The van der Waals surface area contributed by atoms with Crippen molar-refractivity contribution >= 4 is 34.2 Å². The number of nitrogen functional groups attached to an aromatic ring is 1. The van der Waals surface area contributed by atoms with Gasteiger partial charge >= 0.3 is 0 Å². The minimum absolute atomic E-state index is 0.318. The largest absolute Gasteiger partial charge is 0.381 e. The molecular weight excluding hydrogens is 350 g/mol. The SMILES string of the molecule is C#Cc1cccc(Nc2cnc(N)c(NCc3ccc4ncccc4c3)n2)n1. The molecule has 136 valence electrons. The lowest BCUT2D eigenvalue weighted by atomic mass is 10.1. The minimum Gasteiger partial charge on any atom is -0.381 e.